The number of nitriles is 1. The molecule has 0 saturated heterocycles. The van der Waals surface area contributed by atoms with Crippen LogP contribution in [0.4, 0.5) is 0 Å². The van der Waals surface area contributed by atoms with E-state index in [4.69, 9.17) is 14.4 Å². The molecule has 1 aromatic heterocycles. The summed E-state index contributed by atoms with van der Waals surface area (Å²) in [4.78, 5) is 25.3. The summed E-state index contributed by atoms with van der Waals surface area (Å²) in [5, 5.41) is 14.2. The molecule has 1 unspecified atom stereocenters. The van der Waals surface area contributed by atoms with Crippen molar-refractivity contribution in [2.24, 2.45) is 0 Å². The monoisotopic (exact) mass is 403 g/mol. The van der Waals surface area contributed by atoms with Gasteiger partial charge in [0.05, 0.1) is 6.26 Å². The van der Waals surface area contributed by atoms with Gasteiger partial charge >= 0.3 is 0 Å². The van der Waals surface area contributed by atoms with Crippen LogP contribution in [0.1, 0.15) is 21.7 Å². The average molecular weight is 403 g/mol. The Kier molecular flexibility index (Phi) is 7.23. The molecule has 152 valence electrons. The molecule has 30 heavy (non-hydrogen) atoms. The van der Waals surface area contributed by atoms with Crippen molar-refractivity contribution in [3.8, 4) is 11.8 Å². The molecule has 0 radical (unpaired) electrons. The number of nitrogens with one attached hydrogen (secondary N) is 2. The lowest BCUT2D eigenvalue weighted by molar-refractivity contribution is -0.123. The number of amides is 2. The summed E-state index contributed by atoms with van der Waals surface area (Å²) in [6.45, 7) is 0.207. The first-order valence-corrected chi connectivity index (χ1v) is 9.40. The number of carbonyl (C=O) groups is 2. The van der Waals surface area contributed by atoms with Crippen molar-refractivity contribution >= 4 is 11.8 Å². The lowest BCUT2D eigenvalue weighted by Crippen LogP contribution is -2.47. The lowest BCUT2D eigenvalue weighted by atomic mass is 10.0. The fraction of sp³-hybridized carbons (Fsp3) is 0.174. The maximum atomic E-state index is 12.9. The second-order valence-electron chi connectivity index (χ2n) is 6.51. The summed E-state index contributed by atoms with van der Waals surface area (Å²) in [6, 6.07) is 20.9. The molecule has 0 aliphatic carbocycles. The van der Waals surface area contributed by atoms with Gasteiger partial charge in [-0.25, -0.2) is 0 Å². The summed E-state index contributed by atoms with van der Waals surface area (Å²) in [7, 11) is 0. The Labute approximate surface area is 174 Å². The van der Waals surface area contributed by atoms with E-state index in [1.165, 1.54) is 6.26 Å². The maximum Gasteiger partial charge on any atom is 0.287 e. The second kappa shape index (κ2) is 10.5. The molecule has 0 bridgehead atoms. The topological polar surface area (TPSA) is 104 Å². The molecule has 2 N–H and O–H groups in total. The van der Waals surface area contributed by atoms with E-state index in [0.717, 1.165) is 11.1 Å². The van der Waals surface area contributed by atoms with Crippen molar-refractivity contribution < 1.29 is 18.7 Å². The van der Waals surface area contributed by atoms with Gasteiger partial charge in [0.1, 0.15) is 17.9 Å². The molecule has 3 rings (SSSR count). The fourth-order valence-corrected chi connectivity index (χ4v) is 2.87. The van der Waals surface area contributed by atoms with E-state index >= 15 is 0 Å². The van der Waals surface area contributed by atoms with E-state index in [2.05, 4.69) is 10.6 Å². The first-order valence-electron chi connectivity index (χ1n) is 9.40. The molecule has 1 heterocycles. The molecule has 0 saturated carbocycles. The number of hydrogen-bond acceptors (Lipinski definition) is 5. The van der Waals surface area contributed by atoms with Crippen molar-refractivity contribution in [2.45, 2.75) is 19.0 Å². The van der Waals surface area contributed by atoms with Gasteiger partial charge in [-0.2, -0.15) is 5.26 Å². The molecule has 2 amide bonds. The van der Waals surface area contributed by atoms with Crippen LogP contribution in [-0.4, -0.2) is 24.5 Å². The predicted octanol–water partition coefficient (Wildman–Crippen LogP) is 2.84. The Morgan fingerprint density at radius 1 is 1.03 bits per heavy atom. The summed E-state index contributed by atoms with van der Waals surface area (Å²) < 4.78 is 10.4. The molecule has 3 aromatic rings. The molecule has 0 spiro atoms. The lowest BCUT2D eigenvalue weighted by Gasteiger charge is -2.18. The smallest absolute Gasteiger partial charge is 0.287 e. The quantitative estimate of drug-likeness (QED) is 0.572. The molecular formula is C23H21N3O4. The fourth-order valence-electron chi connectivity index (χ4n) is 2.87. The van der Waals surface area contributed by atoms with Gasteiger partial charge in [0.25, 0.3) is 5.91 Å². The number of furan rings is 1. The van der Waals surface area contributed by atoms with E-state index in [9.17, 15) is 9.59 Å². The van der Waals surface area contributed by atoms with Gasteiger partial charge in [0.2, 0.25) is 5.91 Å². The Morgan fingerprint density at radius 3 is 2.57 bits per heavy atom. The van der Waals surface area contributed by atoms with Crippen molar-refractivity contribution in [1.29, 1.82) is 5.26 Å². The van der Waals surface area contributed by atoms with E-state index in [0.29, 0.717) is 12.2 Å². The van der Waals surface area contributed by atoms with Crippen molar-refractivity contribution in [3.63, 3.8) is 0 Å². The highest BCUT2D eigenvalue weighted by Gasteiger charge is 2.23. The third-order valence-corrected chi connectivity index (χ3v) is 4.32. The molecule has 0 aliphatic rings. The standard InChI is InChI=1S/C23H21N3O4/c24-11-13-29-19-9-4-8-18(14-19)16-25-22(27)20(15-17-6-2-1-3-7-17)26-23(28)21-10-5-12-30-21/h1-10,12,14,20H,13,15-16H2,(H,25,27)(H,26,28). The summed E-state index contributed by atoms with van der Waals surface area (Å²) in [5.41, 5.74) is 1.74. The van der Waals surface area contributed by atoms with E-state index in [1.807, 2.05) is 42.5 Å². The summed E-state index contributed by atoms with van der Waals surface area (Å²) in [5.74, 6) is -0.0800. The molecule has 2 aromatic carbocycles. The molecule has 0 aliphatic heterocycles. The first-order chi connectivity index (χ1) is 14.7. The number of rotatable bonds is 9. The van der Waals surface area contributed by atoms with Crippen molar-refractivity contribution in [3.05, 3.63) is 89.9 Å². The third kappa shape index (κ3) is 5.97. The number of hydrogen-bond donors (Lipinski definition) is 2. The molecular weight excluding hydrogens is 382 g/mol. The van der Waals surface area contributed by atoms with Gasteiger partial charge in [-0.05, 0) is 35.4 Å². The predicted molar refractivity (Wildman–Crippen MR) is 110 cm³/mol. The SMILES string of the molecule is N#CCOc1cccc(CNC(=O)C(Cc2ccccc2)NC(=O)c2ccco2)c1. The molecule has 1 atom stereocenters. The number of carbonyl (C=O) groups excluding carboxylic acids is 2. The number of ether oxygens (including phenoxy) is 1. The zero-order valence-corrected chi connectivity index (χ0v) is 16.2. The first kappa shape index (κ1) is 20.7. The van der Waals surface area contributed by atoms with Crippen molar-refractivity contribution in [2.75, 3.05) is 6.61 Å². The summed E-state index contributed by atoms with van der Waals surface area (Å²) in [6.07, 6.45) is 1.74. The van der Waals surface area contributed by atoms with Crippen LogP contribution in [0.2, 0.25) is 0 Å². The zero-order valence-electron chi connectivity index (χ0n) is 16.2. The molecule has 7 heteroatoms. The normalized spacial score (nSPS) is 11.2. The number of nitrogens with zero attached hydrogens (tertiary/aromatic N) is 1. The largest absolute Gasteiger partial charge is 0.479 e. The van der Waals surface area contributed by atoms with E-state index in [1.54, 1.807) is 30.3 Å². The van der Waals surface area contributed by atoms with Gasteiger partial charge in [-0.15, -0.1) is 0 Å². The Hall–Kier alpha value is -4.05. The minimum atomic E-state index is -0.775. The van der Waals surface area contributed by atoms with Crippen LogP contribution < -0.4 is 15.4 Å². The number of benzene rings is 2. The van der Waals surface area contributed by atoms with Crippen LogP contribution in [0.5, 0.6) is 5.75 Å². The van der Waals surface area contributed by atoms with Gasteiger partial charge in [0.15, 0.2) is 12.4 Å². The Morgan fingerprint density at radius 2 is 1.83 bits per heavy atom. The van der Waals surface area contributed by atoms with Crippen LogP contribution in [0.3, 0.4) is 0 Å². The second-order valence-corrected chi connectivity index (χ2v) is 6.51. The van der Waals surface area contributed by atoms with Gasteiger partial charge < -0.3 is 19.8 Å². The Bertz CT molecular complexity index is 1010. The van der Waals surface area contributed by atoms with E-state index in [-0.39, 0.29) is 24.8 Å². The summed E-state index contributed by atoms with van der Waals surface area (Å²) >= 11 is 0. The average Bonchev–Trinajstić information content (AvgIpc) is 3.32. The van der Waals surface area contributed by atoms with Gasteiger partial charge in [-0.1, -0.05) is 42.5 Å². The van der Waals surface area contributed by atoms with Crippen LogP contribution in [-0.2, 0) is 17.8 Å². The maximum absolute atomic E-state index is 12.9. The highest BCUT2D eigenvalue weighted by molar-refractivity contribution is 5.95. The van der Waals surface area contributed by atoms with Crippen LogP contribution >= 0.6 is 0 Å². The molecule has 0 fully saturated rings. The van der Waals surface area contributed by atoms with Crippen LogP contribution in [0.15, 0.2) is 77.4 Å². The molecule has 7 nitrogen and oxygen atoms in total. The highest BCUT2D eigenvalue weighted by atomic mass is 16.5. The van der Waals surface area contributed by atoms with Crippen LogP contribution in [0.25, 0.3) is 0 Å². The zero-order chi connectivity index (χ0) is 21.2. The van der Waals surface area contributed by atoms with Gasteiger partial charge in [0, 0.05) is 13.0 Å². The highest BCUT2D eigenvalue weighted by Crippen LogP contribution is 2.13. The van der Waals surface area contributed by atoms with Crippen LogP contribution in [0, 0.1) is 11.3 Å². The third-order valence-electron chi connectivity index (χ3n) is 4.32. The van der Waals surface area contributed by atoms with Gasteiger partial charge in [-0.3, -0.25) is 9.59 Å². The van der Waals surface area contributed by atoms with Crippen molar-refractivity contribution in [1.82, 2.24) is 10.6 Å². The minimum Gasteiger partial charge on any atom is -0.479 e. The minimum absolute atomic E-state index is 0.0478. The Balaban J connectivity index is 1.66. The van der Waals surface area contributed by atoms with E-state index < -0.39 is 11.9 Å².